The zero-order valence-electron chi connectivity index (χ0n) is 27.6. The highest BCUT2D eigenvalue weighted by Crippen LogP contribution is 2.44. The van der Waals surface area contributed by atoms with Gasteiger partial charge in [0.25, 0.3) is 0 Å². The van der Waals surface area contributed by atoms with Gasteiger partial charge >= 0.3 is 17.9 Å². The first-order valence-corrected chi connectivity index (χ1v) is 18.1. The largest absolute Gasteiger partial charge is 0.481 e. The van der Waals surface area contributed by atoms with Crippen LogP contribution >= 0.6 is 0 Å². The summed E-state index contributed by atoms with van der Waals surface area (Å²) in [5.41, 5.74) is 0. The first-order valence-electron chi connectivity index (χ1n) is 18.1. The van der Waals surface area contributed by atoms with Crippen LogP contribution in [0.5, 0.6) is 0 Å². The van der Waals surface area contributed by atoms with Crippen LogP contribution in [-0.2, 0) is 43.1 Å². The molecule has 0 aliphatic heterocycles. The van der Waals surface area contributed by atoms with E-state index < -0.39 is 35.7 Å². The average molecular weight is 663 g/mol. The van der Waals surface area contributed by atoms with Crippen molar-refractivity contribution in [2.75, 3.05) is 19.8 Å². The lowest BCUT2D eigenvalue weighted by atomic mass is 9.68. The van der Waals surface area contributed by atoms with E-state index >= 15 is 0 Å². The Balaban J connectivity index is 1.06. The molecule has 0 saturated heterocycles. The molecule has 264 valence electrons. The van der Waals surface area contributed by atoms with Crippen molar-refractivity contribution in [3.63, 3.8) is 0 Å². The van der Waals surface area contributed by atoms with E-state index in [4.69, 9.17) is 35.1 Å². The number of hydrogen-bond acceptors (Lipinski definition) is 9. The van der Waals surface area contributed by atoms with Gasteiger partial charge in [0.15, 0.2) is 0 Å². The molecule has 11 heteroatoms. The fourth-order valence-corrected chi connectivity index (χ4v) is 8.98. The van der Waals surface area contributed by atoms with Crippen LogP contribution in [0.1, 0.15) is 109 Å². The van der Waals surface area contributed by atoms with Crippen LogP contribution < -0.4 is 0 Å². The number of carboxylic acids is 2. The maximum absolute atomic E-state index is 13.3. The maximum atomic E-state index is 13.3. The van der Waals surface area contributed by atoms with Crippen LogP contribution in [0.25, 0.3) is 0 Å². The summed E-state index contributed by atoms with van der Waals surface area (Å²) in [6.07, 6.45) is 20.9. The predicted octanol–water partition coefficient (Wildman–Crippen LogP) is 5.53. The van der Waals surface area contributed by atoms with Gasteiger partial charge in [-0.25, -0.2) is 9.78 Å². The highest BCUT2D eigenvalue weighted by atomic mass is 17.2. The van der Waals surface area contributed by atoms with Crippen molar-refractivity contribution in [3.8, 4) is 12.5 Å². The minimum Gasteiger partial charge on any atom is -0.481 e. The topological polar surface area (TPSA) is 147 Å². The molecule has 0 spiro atoms. The molecule has 11 nitrogen and oxygen atoms in total. The van der Waals surface area contributed by atoms with Gasteiger partial charge in [0.05, 0.1) is 55.9 Å². The van der Waals surface area contributed by atoms with Crippen LogP contribution in [0.2, 0.25) is 0 Å². The summed E-state index contributed by atoms with van der Waals surface area (Å²) in [5, 5.41) is 19.8. The van der Waals surface area contributed by atoms with Gasteiger partial charge in [-0.2, -0.15) is 0 Å². The number of terminal acetylenes is 1. The van der Waals surface area contributed by atoms with E-state index in [0.717, 1.165) is 44.9 Å². The molecule has 0 amide bonds. The molecule has 0 aromatic heterocycles. The lowest BCUT2D eigenvalue weighted by molar-refractivity contribution is -0.352. The summed E-state index contributed by atoms with van der Waals surface area (Å²) in [6.45, 7) is 1.25. The van der Waals surface area contributed by atoms with Crippen molar-refractivity contribution in [2.45, 2.75) is 140 Å². The van der Waals surface area contributed by atoms with Crippen LogP contribution in [0.3, 0.4) is 0 Å². The van der Waals surface area contributed by atoms with Crippen LogP contribution in [0, 0.1) is 48.0 Å². The molecule has 10 unspecified atom stereocenters. The van der Waals surface area contributed by atoms with Gasteiger partial charge in [0.1, 0.15) is 18.3 Å². The minimum atomic E-state index is -1.03. The quantitative estimate of drug-likeness (QED) is 0.0796. The zero-order chi connectivity index (χ0) is 33.2. The highest BCUT2D eigenvalue weighted by molar-refractivity contribution is 5.81. The van der Waals surface area contributed by atoms with Gasteiger partial charge in [-0.3, -0.25) is 14.4 Å². The number of hydrogen-bond donors (Lipinski definition) is 2. The van der Waals surface area contributed by atoms with Gasteiger partial charge < -0.3 is 29.2 Å². The summed E-state index contributed by atoms with van der Waals surface area (Å²) in [6, 6.07) is 0. The second kappa shape index (κ2) is 17.8. The summed E-state index contributed by atoms with van der Waals surface area (Å²) < 4.78 is 23.3. The molecule has 5 aliphatic carbocycles. The Morgan fingerprint density at radius 1 is 0.638 bits per heavy atom. The fraction of sp³-hybridized carbons (Fsp3) is 0.861. The number of carbonyl (C=O) groups is 3. The zero-order valence-corrected chi connectivity index (χ0v) is 27.6. The van der Waals surface area contributed by atoms with Gasteiger partial charge in [0, 0.05) is 5.92 Å². The molecule has 5 rings (SSSR count). The van der Waals surface area contributed by atoms with E-state index in [1.807, 2.05) is 0 Å². The molecule has 0 aromatic rings. The van der Waals surface area contributed by atoms with Crippen molar-refractivity contribution in [1.29, 1.82) is 0 Å². The molecule has 0 bridgehead atoms. The van der Waals surface area contributed by atoms with Crippen molar-refractivity contribution >= 4 is 17.9 Å². The standard InChI is InChI=1S/C36H54O11/c1-2-42-25-14-15-29(31(21-25)35(39)40)36(41)46-32-16-17-33(28-11-7-6-10-27(28)32)47-45-22-23-12-13-26(20-30(23)34(37)38)44-19-18-43-24-8-4-3-5-9-24/h1,23-33H,3-22H2,(H,37,38)(H,39,40). The molecule has 5 saturated carbocycles. The molecule has 47 heavy (non-hydrogen) atoms. The average Bonchev–Trinajstić information content (AvgIpc) is 3.08. The Morgan fingerprint density at radius 3 is 1.96 bits per heavy atom. The van der Waals surface area contributed by atoms with Crippen molar-refractivity contribution in [3.05, 3.63) is 0 Å². The first-order chi connectivity index (χ1) is 22.8. The number of aliphatic carboxylic acids is 2. The monoisotopic (exact) mass is 662 g/mol. The molecular weight excluding hydrogens is 608 g/mol. The number of ether oxygens (including phenoxy) is 4. The number of fused-ring (bicyclic) bond motifs is 1. The van der Waals surface area contributed by atoms with Gasteiger partial charge in [0.2, 0.25) is 0 Å². The summed E-state index contributed by atoms with van der Waals surface area (Å²) in [4.78, 5) is 49.3. The predicted molar refractivity (Wildman–Crippen MR) is 169 cm³/mol. The van der Waals surface area contributed by atoms with E-state index in [1.165, 1.54) is 19.3 Å². The summed E-state index contributed by atoms with van der Waals surface area (Å²) >= 11 is 0. The third-order valence-corrected chi connectivity index (χ3v) is 11.6. The van der Waals surface area contributed by atoms with E-state index in [0.29, 0.717) is 57.8 Å². The normalized spacial score (nSPS) is 36.4. The third-order valence-electron chi connectivity index (χ3n) is 11.6. The first kappa shape index (κ1) is 35.9. The lowest BCUT2D eigenvalue weighted by Crippen LogP contribution is -2.47. The molecular formula is C36H54O11. The molecule has 0 radical (unpaired) electrons. The van der Waals surface area contributed by atoms with E-state index in [1.54, 1.807) is 0 Å². The number of esters is 1. The van der Waals surface area contributed by atoms with Crippen LogP contribution in [-0.4, -0.2) is 78.5 Å². The molecule has 2 N–H and O–H groups in total. The highest BCUT2D eigenvalue weighted by Gasteiger charge is 2.47. The molecule has 10 atom stereocenters. The van der Waals surface area contributed by atoms with Crippen molar-refractivity contribution in [2.24, 2.45) is 35.5 Å². The Bertz CT molecular complexity index is 1070. The smallest absolute Gasteiger partial charge is 0.310 e. The number of rotatable bonds is 14. The number of carbonyl (C=O) groups excluding carboxylic acids is 1. The van der Waals surface area contributed by atoms with Crippen molar-refractivity contribution < 1.29 is 53.3 Å². The Hall–Kier alpha value is -2.39. The fourth-order valence-electron chi connectivity index (χ4n) is 8.98. The minimum absolute atomic E-state index is 0.0960. The Labute approximate surface area is 278 Å². The second-order valence-corrected chi connectivity index (χ2v) is 14.4. The SMILES string of the molecule is C#COC1CCC(C(=O)OC2CCC(OOCC3CCC(OCCOC4CCCCC4)CC3C(=O)O)C3CCCCC23)C(C(=O)O)C1. The Kier molecular flexibility index (Phi) is 13.6. The van der Waals surface area contributed by atoms with E-state index in [-0.39, 0.29) is 55.2 Å². The summed E-state index contributed by atoms with van der Waals surface area (Å²) in [5.74, 6) is -4.37. The van der Waals surface area contributed by atoms with Gasteiger partial charge in [-0.15, -0.1) is 0 Å². The number of carboxylic acid groups (broad SMARTS) is 2. The second-order valence-electron chi connectivity index (χ2n) is 14.4. The van der Waals surface area contributed by atoms with Crippen molar-refractivity contribution in [1.82, 2.24) is 0 Å². The van der Waals surface area contributed by atoms with Gasteiger partial charge in [-0.05, 0) is 88.9 Å². The van der Waals surface area contributed by atoms with Crippen LogP contribution in [0.15, 0.2) is 0 Å². The molecule has 0 heterocycles. The third kappa shape index (κ3) is 9.84. The molecule has 0 aromatic carbocycles. The molecule has 5 fully saturated rings. The van der Waals surface area contributed by atoms with E-state index in [2.05, 4.69) is 6.11 Å². The van der Waals surface area contributed by atoms with E-state index in [9.17, 15) is 24.6 Å². The molecule has 5 aliphatic rings. The maximum Gasteiger partial charge on any atom is 0.310 e. The summed E-state index contributed by atoms with van der Waals surface area (Å²) in [7, 11) is 0. The lowest BCUT2D eigenvalue weighted by Gasteiger charge is -2.45. The van der Waals surface area contributed by atoms with Gasteiger partial charge in [-0.1, -0.05) is 38.5 Å². The van der Waals surface area contributed by atoms with Crippen LogP contribution in [0.4, 0.5) is 0 Å². The Morgan fingerprint density at radius 2 is 1.26 bits per heavy atom.